The van der Waals surface area contributed by atoms with E-state index < -0.39 is 0 Å². The van der Waals surface area contributed by atoms with Crippen LogP contribution in [0.3, 0.4) is 0 Å². The van der Waals surface area contributed by atoms with Gasteiger partial charge in [-0.1, -0.05) is 13.8 Å². The smallest absolute Gasteiger partial charge is 0.177 e. The lowest BCUT2D eigenvalue weighted by atomic mass is 9.95. The van der Waals surface area contributed by atoms with E-state index in [2.05, 4.69) is 51.7 Å². The predicted octanol–water partition coefficient (Wildman–Crippen LogP) is 2.03. The quantitative estimate of drug-likeness (QED) is 0.835. The highest BCUT2D eigenvalue weighted by atomic mass is 79.9. The minimum absolute atomic E-state index is 0.447. The van der Waals surface area contributed by atoms with Gasteiger partial charge in [0.1, 0.15) is 0 Å². The molecule has 1 aromatic heterocycles. The molecule has 3 nitrogen and oxygen atoms in total. The van der Waals surface area contributed by atoms with Crippen LogP contribution in [0.1, 0.15) is 31.3 Å². The van der Waals surface area contributed by atoms with Crippen molar-refractivity contribution in [2.75, 3.05) is 6.54 Å². The first-order valence-corrected chi connectivity index (χ1v) is 5.85. The zero-order valence-electron chi connectivity index (χ0n) is 8.84. The molecule has 1 aliphatic rings. The molecular weight excluding hydrogens is 242 g/mol. The molecule has 1 N–H and O–H groups in total. The number of aromatic nitrogens is 2. The van der Waals surface area contributed by atoms with E-state index in [0.29, 0.717) is 12.0 Å². The molecule has 0 amide bonds. The molecule has 0 saturated carbocycles. The van der Waals surface area contributed by atoms with E-state index in [-0.39, 0.29) is 0 Å². The zero-order chi connectivity index (χ0) is 10.3. The van der Waals surface area contributed by atoms with Gasteiger partial charge in [0.25, 0.3) is 0 Å². The van der Waals surface area contributed by atoms with E-state index >= 15 is 0 Å². The molecule has 0 saturated heterocycles. The highest BCUT2D eigenvalue weighted by Gasteiger charge is 2.27. The normalized spacial score (nSPS) is 21.4. The summed E-state index contributed by atoms with van der Waals surface area (Å²) < 4.78 is 3.09. The molecule has 0 bridgehead atoms. The lowest BCUT2D eigenvalue weighted by Gasteiger charge is -2.27. The van der Waals surface area contributed by atoms with Gasteiger partial charge in [-0.15, -0.1) is 0 Å². The lowest BCUT2D eigenvalue weighted by Crippen LogP contribution is -2.34. The third kappa shape index (κ3) is 1.50. The van der Waals surface area contributed by atoms with Crippen LogP contribution in [0.25, 0.3) is 0 Å². The molecule has 78 valence electrons. The molecule has 2 heterocycles. The second-order valence-corrected chi connectivity index (χ2v) is 4.91. The molecule has 1 aliphatic heterocycles. The third-order valence-corrected chi connectivity index (χ3v) is 3.56. The van der Waals surface area contributed by atoms with Gasteiger partial charge in [0.05, 0.1) is 17.4 Å². The predicted molar refractivity (Wildman–Crippen MR) is 60.2 cm³/mol. The number of hydrogen-bond acceptors (Lipinski definition) is 2. The molecule has 1 unspecified atom stereocenters. The first-order chi connectivity index (χ1) is 6.61. The van der Waals surface area contributed by atoms with E-state index in [1.54, 1.807) is 0 Å². The Kier molecular flexibility index (Phi) is 2.66. The molecule has 0 fully saturated rings. The van der Waals surface area contributed by atoms with E-state index in [9.17, 15) is 0 Å². The number of fused-ring (bicyclic) bond motifs is 1. The van der Waals surface area contributed by atoms with Crippen molar-refractivity contribution < 1.29 is 0 Å². The molecule has 0 radical (unpaired) electrons. The summed E-state index contributed by atoms with van der Waals surface area (Å²) in [5, 5.41) is 3.55. The van der Waals surface area contributed by atoms with Crippen LogP contribution in [0.2, 0.25) is 0 Å². The summed E-state index contributed by atoms with van der Waals surface area (Å²) in [5.74, 6) is 0.608. The number of hydrogen-bond donors (Lipinski definition) is 1. The van der Waals surface area contributed by atoms with Crippen LogP contribution in [0.15, 0.2) is 4.73 Å². The van der Waals surface area contributed by atoms with Crippen molar-refractivity contribution in [3.63, 3.8) is 0 Å². The maximum Gasteiger partial charge on any atom is 0.177 e. The Balaban J connectivity index is 2.47. The molecule has 4 heteroatoms. The summed E-state index contributed by atoms with van der Waals surface area (Å²) in [6, 6.07) is 0.447. The van der Waals surface area contributed by atoms with Gasteiger partial charge < -0.3 is 9.88 Å². The summed E-state index contributed by atoms with van der Waals surface area (Å²) in [6.07, 6.45) is 1.04. The molecule has 0 spiro atoms. The first-order valence-electron chi connectivity index (χ1n) is 5.05. The fraction of sp³-hybridized carbons (Fsp3) is 0.700. The Hall–Kier alpha value is -0.350. The SMILES string of the molecule is CC(C)C1NCCc2nc(Br)n(C)c21. The lowest BCUT2D eigenvalue weighted by molar-refractivity contribution is 0.377. The molecule has 0 aromatic carbocycles. The van der Waals surface area contributed by atoms with E-state index in [0.717, 1.165) is 17.7 Å². The monoisotopic (exact) mass is 257 g/mol. The average Bonchev–Trinajstić information content (AvgIpc) is 2.43. The number of halogens is 1. The minimum atomic E-state index is 0.447. The fourth-order valence-electron chi connectivity index (χ4n) is 2.10. The number of rotatable bonds is 1. The molecular formula is C10H16BrN3. The van der Waals surface area contributed by atoms with Gasteiger partial charge in [-0.05, 0) is 21.8 Å². The van der Waals surface area contributed by atoms with Crippen molar-refractivity contribution in [3.05, 3.63) is 16.1 Å². The van der Waals surface area contributed by atoms with E-state index in [4.69, 9.17) is 0 Å². The second-order valence-electron chi connectivity index (χ2n) is 4.20. The topological polar surface area (TPSA) is 29.9 Å². The zero-order valence-corrected chi connectivity index (χ0v) is 10.4. The number of nitrogens with zero attached hydrogens (tertiary/aromatic N) is 2. The van der Waals surface area contributed by atoms with Gasteiger partial charge in [0, 0.05) is 20.0 Å². The Bertz CT molecular complexity index is 343. The standard InChI is InChI=1S/C10H16BrN3/c1-6(2)8-9-7(4-5-12-8)13-10(11)14(9)3/h6,8,12H,4-5H2,1-3H3. The Morgan fingerprint density at radius 2 is 2.29 bits per heavy atom. The maximum absolute atomic E-state index is 4.52. The van der Waals surface area contributed by atoms with Crippen molar-refractivity contribution in [2.45, 2.75) is 26.3 Å². The molecule has 2 rings (SSSR count). The van der Waals surface area contributed by atoms with Crippen LogP contribution in [-0.2, 0) is 13.5 Å². The molecule has 1 aromatic rings. The van der Waals surface area contributed by atoms with Gasteiger partial charge >= 0.3 is 0 Å². The fourth-order valence-corrected chi connectivity index (χ4v) is 2.51. The largest absolute Gasteiger partial charge is 0.324 e. The van der Waals surface area contributed by atoms with Crippen molar-refractivity contribution in [1.82, 2.24) is 14.9 Å². The van der Waals surface area contributed by atoms with Gasteiger partial charge in [0.15, 0.2) is 4.73 Å². The van der Waals surface area contributed by atoms with Crippen LogP contribution in [0.5, 0.6) is 0 Å². The maximum atomic E-state index is 4.52. The van der Waals surface area contributed by atoms with Crippen LogP contribution in [0.4, 0.5) is 0 Å². The Morgan fingerprint density at radius 1 is 1.57 bits per heavy atom. The van der Waals surface area contributed by atoms with Crippen molar-refractivity contribution in [1.29, 1.82) is 0 Å². The number of imidazole rings is 1. The van der Waals surface area contributed by atoms with Crippen molar-refractivity contribution in [2.24, 2.45) is 13.0 Å². The van der Waals surface area contributed by atoms with E-state index in [1.807, 2.05) is 0 Å². The average molecular weight is 258 g/mol. The summed E-state index contributed by atoms with van der Waals surface area (Å²) in [5.41, 5.74) is 2.59. The highest BCUT2D eigenvalue weighted by molar-refractivity contribution is 9.10. The van der Waals surface area contributed by atoms with Crippen molar-refractivity contribution in [3.8, 4) is 0 Å². The van der Waals surface area contributed by atoms with Crippen LogP contribution < -0.4 is 5.32 Å². The first kappa shape index (κ1) is 10.2. The van der Waals surface area contributed by atoms with Gasteiger partial charge in [-0.25, -0.2) is 4.98 Å². The van der Waals surface area contributed by atoms with Crippen LogP contribution in [0, 0.1) is 5.92 Å². The van der Waals surface area contributed by atoms with Gasteiger partial charge in [0.2, 0.25) is 0 Å². The molecule has 14 heavy (non-hydrogen) atoms. The molecule has 0 aliphatic carbocycles. The second kappa shape index (κ2) is 3.66. The Morgan fingerprint density at radius 3 is 2.93 bits per heavy atom. The van der Waals surface area contributed by atoms with Crippen molar-refractivity contribution >= 4 is 15.9 Å². The van der Waals surface area contributed by atoms with Gasteiger partial charge in [-0.2, -0.15) is 0 Å². The highest BCUT2D eigenvalue weighted by Crippen LogP contribution is 2.30. The van der Waals surface area contributed by atoms with E-state index in [1.165, 1.54) is 11.4 Å². The van der Waals surface area contributed by atoms with Crippen LogP contribution in [-0.4, -0.2) is 16.1 Å². The van der Waals surface area contributed by atoms with Gasteiger partial charge in [-0.3, -0.25) is 0 Å². The summed E-state index contributed by atoms with van der Waals surface area (Å²) in [7, 11) is 2.07. The molecule has 1 atom stereocenters. The summed E-state index contributed by atoms with van der Waals surface area (Å²) >= 11 is 3.48. The summed E-state index contributed by atoms with van der Waals surface area (Å²) in [4.78, 5) is 4.52. The summed E-state index contributed by atoms with van der Waals surface area (Å²) in [6.45, 7) is 5.53. The number of nitrogens with one attached hydrogen (secondary N) is 1. The third-order valence-electron chi connectivity index (χ3n) is 2.85. The van der Waals surface area contributed by atoms with Crippen LogP contribution >= 0.6 is 15.9 Å². The minimum Gasteiger partial charge on any atom is -0.324 e. The Labute approximate surface area is 93.0 Å².